The predicted octanol–water partition coefficient (Wildman–Crippen LogP) is 6.63. The Hall–Kier alpha value is -3.25. The zero-order valence-corrected chi connectivity index (χ0v) is 18.4. The molecule has 3 aromatic rings. The Balaban J connectivity index is 1.93. The fourth-order valence-corrected chi connectivity index (χ4v) is 3.52. The predicted molar refractivity (Wildman–Crippen MR) is 121 cm³/mol. The van der Waals surface area contributed by atoms with Crippen LogP contribution in [0, 0.1) is 22.7 Å². The minimum absolute atomic E-state index is 0.227. The number of ether oxygens (including phenoxy) is 2. The van der Waals surface area contributed by atoms with E-state index in [4.69, 9.17) is 21.1 Å². The molecule has 0 bridgehead atoms. The van der Waals surface area contributed by atoms with Gasteiger partial charge >= 0.3 is 0 Å². The van der Waals surface area contributed by atoms with Crippen LogP contribution in [0.15, 0.2) is 65.1 Å². The van der Waals surface area contributed by atoms with Gasteiger partial charge in [-0.15, -0.1) is 0 Å². The Kier molecular flexibility index (Phi) is 7.14. The highest BCUT2D eigenvalue weighted by molar-refractivity contribution is 9.10. The smallest absolute Gasteiger partial charge is 0.162 e. The summed E-state index contributed by atoms with van der Waals surface area (Å²) in [6.07, 6.45) is 1.74. The van der Waals surface area contributed by atoms with Crippen LogP contribution in [0.25, 0.3) is 11.6 Å². The Morgan fingerprint density at radius 2 is 1.80 bits per heavy atom. The summed E-state index contributed by atoms with van der Waals surface area (Å²) in [6, 6.07) is 22.4. The van der Waals surface area contributed by atoms with Crippen LogP contribution in [-0.2, 0) is 6.61 Å². The highest BCUT2D eigenvalue weighted by Gasteiger charge is 2.13. The van der Waals surface area contributed by atoms with E-state index in [0.717, 1.165) is 15.6 Å². The topological polar surface area (TPSA) is 66.0 Å². The van der Waals surface area contributed by atoms with Crippen LogP contribution in [0.4, 0.5) is 0 Å². The number of methoxy groups -OCH3 is 1. The molecule has 0 aromatic heterocycles. The minimum Gasteiger partial charge on any atom is -0.493 e. The van der Waals surface area contributed by atoms with Gasteiger partial charge in [-0.3, -0.25) is 0 Å². The highest BCUT2D eigenvalue weighted by atomic mass is 79.9. The molecule has 0 atom stereocenters. The summed E-state index contributed by atoms with van der Waals surface area (Å²) in [4.78, 5) is 0. The van der Waals surface area contributed by atoms with Crippen LogP contribution < -0.4 is 9.47 Å². The molecule has 3 rings (SSSR count). The standard InChI is InChI=1S/C24H16BrClN2O2/c1-29-23-11-18(10-19(14-28)20-8-4-5-9-22(20)26)21(25)12-24(23)30-15-17-7-3-2-6-16(17)13-27/h2-12H,15H2,1H3. The maximum Gasteiger partial charge on any atom is 0.162 e. The third kappa shape index (κ3) is 4.83. The maximum absolute atomic E-state index is 9.62. The highest BCUT2D eigenvalue weighted by Crippen LogP contribution is 2.36. The molecule has 0 aliphatic rings. The van der Waals surface area contributed by atoms with Crippen LogP contribution >= 0.6 is 27.5 Å². The van der Waals surface area contributed by atoms with Crippen molar-refractivity contribution in [3.63, 3.8) is 0 Å². The van der Waals surface area contributed by atoms with Crippen molar-refractivity contribution in [2.24, 2.45) is 0 Å². The van der Waals surface area contributed by atoms with Gasteiger partial charge in [0.15, 0.2) is 11.5 Å². The van der Waals surface area contributed by atoms with Crippen LogP contribution in [-0.4, -0.2) is 7.11 Å². The second kappa shape index (κ2) is 9.98. The molecular formula is C24H16BrClN2O2. The lowest BCUT2D eigenvalue weighted by Gasteiger charge is -2.14. The molecule has 0 N–H and O–H groups in total. The first-order valence-electron chi connectivity index (χ1n) is 8.92. The third-order valence-corrected chi connectivity index (χ3v) is 5.40. The number of rotatable bonds is 6. The van der Waals surface area contributed by atoms with Gasteiger partial charge in [-0.25, -0.2) is 0 Å². The molecule has 0 amide bonds. The summed E-state index contributed by atoms with van der Waals surface area (Å²) in [5, 5.41) is 19.4. The summed E-state index contributed by atoms with van der Waals surface area (Å²) >= 11 is 9.78. The van der Waals surface area contributed by atoms with E-state index >= 15 is 0 Å². The van der Waals surface area contributed by atoms with Gasteiger partial charge in [-0.05, 0) is 35.9 Å². The Bertz CT molecular complexity index is 1190. The van der Waals surface area contributed by atoms with E-state index in [2.05, 4.69) is 28.1 Å². The average molecular weight is 480 g/mol. The van der Waals surface area contributed by atoms with Gasteiger partial charge in [-0.2, -0.15) is 10.5 Å². The van der Waals surface area contributed by atoms with Crippen LogP contribution in [0.1, 0.15) is 22.3 Å². The molecule has 0 aliphatic heterocycles. The van der Waals surface area contributed by atoms with E-state index in [-0.39, 0.29) is 6.61 Å². The molecule has 0 radical (unpaired) electrons. The van der Waals surface area contributed by atoms with Gasteiger partial charge in [0.2, 0.25) is 0 Å². The monoisotopic (exact) mass is 478 g/mol. The molecule has 148 valence electrons. The zero-order valence-electron chi connectivity index (χ0n) is 16.0. The number of nitriles is 2. The molecule has 30 heavy (non-hydrogen) atoms. The Morgan fingerprint density at radius 1 is 1.07 bits per heavy atom. The average Bonchev–Trinajstić information content (AvgIpc) is 2.77. The van der Waals surface area contributed by atoms with Gasteiger partial charge in [0, 0.05) is 20.6 Å². The second-order valence-electron chi connectivity index (χ2n) is 6.23. The minimum atomic E-state index is 0.227. The number of hydrogen-bond acceptors (Lipinski definition) is 4. The van der Waals surface area contributed by atoms with Crippen molar-refractivity contribution < 1.29 is 9.47 Å². The number of allylic oxidation sites excluding steroid dienone is 1. The number of halogens is 2. The van der Waals surface area contributed by atoms with E-state index < -0.39 is 0 Å². The summed E-state index contributed by atoms with van der Waals surface area (Å²) < 4.78 is 12.1. The summed E-state index contributed by atoms with van der Waals surface area (Å²) in [5.41, 5.74) is 3.18. The largest absolute Gasteiger partial charge is 0.493 e. The lowest BCUT2D eigenvalue weighted by Crippen LogP contribution is -2.00. The molecule has 6 heteroatoms. The van der Waals surface area contributed by atoms with E-state index in [9.17, 15) is 10.5 Å². The van der Waals surface area contributed by atoms with Crippen LogP contribution in [0.2, 0.25) is 5.02 Å². The van der Waals surface area contributed by atoms with Crippen molar-refractivity contribution >= 4 is 39.2 Å². The third-order valence-electron chi connectivity index (χ3n) is 4.39. The van der Waals surface area contributed by atoms with Gasteiger partial charge in [-0.1, -0.05) is 63.9 Å². The van der Waals surface area contributed by atoms with Gasteiger partial charge in [0.25, 0.3) is 0 Å². The fourth-order valence-electron chi connectivity index (χ4n) is 2.85. The zero-order chi connectivity index (χ0) is 21.5. The van der Waals surface area contributed by atoms with Crippen molar-refractivity contribution in [2.75, 3.05) is 7.11 Å². The van der Waals surface area contributed by atoms with Crippen LogP contribution in [0.3, 0.4) is 0 Å². The van der Waals surface area contributed by atoms with Crippen molar-refractivity contribution in [1.82, 2.24) is 0 Å². The fraction of sp³-hybridized carbons (Fsp3) is 0.0833. The first-order chi connectivity index (χ1) is 14.6. The van der Waals surface area contributed by atoms with Crippen molar-refractivity contribution in [3.05, 3.63) is 92.4 Å². The second-order valence-corrected chi connectivity index (χ2v) is 7.49. The number of benzene rings is 3. The quantitative estimate of drug-likeness (QED) is 0.294. The lowest BCUT2D eigenvalue weighted by atomic mass is 10.0. The molecule has 0 aliphatic carbocycles. The molecular weight excluding hydrogens is 464 g/mol. The first kappa shape index (κ1) is 21.5. The Labute approximate surface area is 188 Å². The van der Waals surface area contributed by atoms with Gasteiger partial charge < -0.3 is 9.47 Å². The van der Waals surface area contributed by atoms with Crippen molar-refractivity contribution in [1.29, 1.82) is 10.5 Å². The Morgan fingerprint density at radius 3 is 2.50 bits per heavy atom. The summed E-state index contributed by atoms with van der Waals surface area (Å²) in [6.45, 7) is 0.227. The van der Waals surface area contributed by atoms with Crippen molar-refractivity contribution in [2.45, 2.75) is 6.61 Å². The van der Waals surface area contributed by atoms with Crippen LogP contribution in [0.5, 0.6) is 11.5 Å². The number of nitrogens with zero attached hydrogens (tertiary/aromatic N) is 2. The molecule has 0 unspecified atom stereocenters. The van der Waals surface area contributed by atoms with Crippen molar-refractivity contribution in [3.8, 4) is 23.6 Å². The van der Waals surface area contributed by atoms with Gasteiger partial charge in [0.1, 0.15) is 6.61 Å². The van der Waals surface area contributed by atoms with E-state index in [1.807, 2.05) is 30.3 Å². The SMILES string of the molecule is COc1cc(C=C(C#N)c2ccccc2Cl)c(Br)cc1OCc1ccccc1C#N. The summed E-state index contributed by atoms with van der Waals surface area (Å²) in [7, 11) is 1.55. The van der Waals surface area contributed by atoms with Gasteiger partial charge in [0.05, 0.1) is 30.4 Å². The molecule has 4 nitrogen and oxygen atoms in total. The maximum atomic E-state index is 9.62. The normalized spacial score (nSPS) is 10.8. The van der Waals surface area contributed by atoms with E-state index in [1.165, 1.54) is 0 Å². The molecule has 0 saturated carbocycles. The first-order valence-corrected chi connectivity index (χ1v) is 10.1. The summed E-state index contributed by atoms with van der Waals surface area (Å²) in [5.74, 6) is 1.03. The lowest BCUT2D eigenvalue weighted by molar-refractivity contribution is 0.284. The number of hydrogen-bond donors (Lipinski definition) is 0. The molecule has 0 saturated heterocycles. The van der Waals surface area contributed by atoms with E-state index in [0.29, 0.717) is 33.2 Å². The molecule has 0 spiro atoms. The molecule has 0 fully saturated rings. The molecule has 0 heterocycles. The molecule has 3 aromatic carbocycles. The van der Waals surface area contributed by atoms with E-state index in [1.54, 1.807) is 43.5 Å².